The Hall–Kier alpha value is -1.90. The second kappa shape index (κ2) is 5.63. The smallest absolute Gasteiger partial charge is 0.264 e. The van der Waals surface area contributed by atoms with Crippen LogP contribution >= 0.6 is 0 Å². The number of benzene rings is 1. The van der Waals surface area contributed by atoms with Crippen molar-refractivity contribution >= 4 is 0 Å². The molecular formula is C15H18N2O. The molecule has 1 aromatic carbocycles. The summed E-state index contributed by atoms with van der Waals surface area (Å²) in [4.78, 5) is 11.0. The lowest BCUT2D eigenvalue weighted by Crippen LogP contribution is -2.05. The van der Waals surface area contributed by atoms with E-state index in [-0.39, 0.29) is 5.56 Å². The van der Waals surface area contributed by atoms with E-state index in [4.69, 9.17) is 0 Å². The minimum Gasteiger partial charge on any atom is -0.268 e. The quantitative estimate of drug-likeness (QED) is 0.895. The van der Waals surface area contributed by atoms with Gasteiger partial charge in [-0.1, -0.05) is 25.5 Å². The lowest BCUT2D eigenvalue weighted by Gasteiger charge is -2.07. The molecule has 94 valence electrons. The largest absolute Gasteiger partial charge is 0.268 e. The number of nitrogens with one attached hydrogen (secondary N) is 1. The van der Waals surface area contributed by atoms with Gasteiger partial charge in [-0.05, 0) is 43.0 Å². The van der Waals surface area contributed by atoms with Crippen molar-refractivity contribution in [3.63, 3.8) is 0 Å². The Morgan fingerprint density at radius 1 is 1.22 bits per heavy atom. The fourth-order valence-electron chi connectivity index (χ4n) is 2.01. The molecule has 0 aliphatic heterocycles. The highest BCUT2D eigenvalue weighted by Gasteiger charge is 2.03. The molecule has 0 amide bonds. The molecule has 2 aromatic rings. The highest BCUT2D eigenvalue weighted by atomic mass is 16.1. The Kier molecular flexibility index (Phi) is 3.92. The van der Waals surface area contributed by atoms with Crippen LogP contribution in [0.15, 0.2) is 35.1 Å². The van der Waals surface area contributed by atoms with Crippen LogP contribution in [-0.2, 0) is 6.42 Å². The molecule has 0 unspecified atom stereocenters. The summed E-state index contributed by atoms with van der Waals surface area (Å²) >= 11 is 0. The molecule has 3 heteroatoms. The van der Waals surface area contributed by atoms with E-state index in [0.29, 0.717) is 0 Å². The summed E-state index contributed by atoms with van der Waals surface area (Å²) in [6, 6.07) is 9.61. The molecule has 0 bridgehead atoms. The minimum absolute atomic E-state index is 0.171. The molecular weight excluding hydrogens is 224 g/mol. The molecule has 0 radical (unpaired) electrons. The zero-order valence-electron chi connectivity index (χ0n) is 10.9. The van der Waals surface area contributed by atoms with Crippen LogP contribution in [0.1, 0.15) is 30.9 Å². The summed E-state index contributed by atoms with van der Waals surface area (Å²) in [7, 11) is 0. The number of nitrogens with zero attached hydrogens (tertiary/aromatic N) is 1. The first-order chi connectivity index (χ1) is 8.70. The van der Waals surface area contributed by atoms with Crippen LogP contribution in [0.4, 0.5) is 0 Å². The van der Waals surface area contributed by atoms with Crippen molar-refractivity contribution in [2.75, 3.05) is 0 Å². The summed E-state index contributed by atoms with van der Waals surface area (Å²) in [5.41, 5.74) is 4.36. The third kappa shape index (κ3) is 2.86. The van der Waals surface area contributed by atoms with Crippen LogP contribution in [0, 0.1) is 6.92 Å². The number of aromatic nitrogens is 2. The molecule has 0 atom stereocenters. The number of aromatic amines is 1. The van der Waals surface area contributed by atoms with Crippen LogP contribution in [-0.4, -0.2) is 10.2 Å². The Morgan fingerprint density at radius 3 is 2.67 bits per heavy atom. The zero-order valence-corrected chi connectivity index (χ0v) is 10.9. The van der Waals surface area contributed by atoms with Crippen LogP contribution in [0.25, 0.3) is 11.3 Å². The predicted octanol–water partition coefficient (Wildman–Crippen LogP) is 3.09. The molecule has 0 spiro atoms. The third-order valence-electron chi connectivity index (χ3n) is 3.12. The number of hydrogen-bond donors (Lipinski definition) is 1. The Balaban J connectivity index is 2.28. The van der Waals surface area contributed by atoms with Crippen LogP contribution in [0.5, 0.6) is 0 Å². The van der Waals surface area contributed by atoms with Gasteiger partial charge in [0.1, 0.15) is 0 Å². The second-order valence-electron chi connectivity index (χ2n) is 4.55. The monoisotopic (exact) mass is 242 g/mol. The summed E-state index contributed by atoms with van der Waals surface area (Å²) in [5, 5.41) is 6.51. The van der Waals surface area contributed by atoms with Gasteiger partial charge < -0.3 is 0 Å². The molecule has 1 aromatic heterocycles. The molecule has 2 rings (SSSR count). The maximum Gasteiger partial charge on any atom is 0.264 e. The Bertz CT molecular complexity index is 567. The molecule has 18 heavy (non-hydrogen) atoms. The molecule has 0 aliphatic rings. The average molecular weight is 242 g/mol. The van der Waals surface area contributed by atoms with Gasteiger partial charge in [-0.15, -0.1) is 0 Å². The van der Waals surface area contributed by atoms with Gasteiger partial charge in [-0.2, -0.15) is 5.10 Å². The minimum atomic E-state index is -0.171. The summed E-state index contributed by atoms with van der Waals surface area (Å²) in [6.07, 6.45) is 3.56. The lowest BCUT2D eigenvalue weighted by atomic mass is 9.99. The molecule has 0 fully saturated rings. The number of unbranched alkanes of at least 4 members (excludes halogenated alkanes) is 1. The van der Waals surface area contributed by atoms with Gasteiger partial charge >= 0.3 is 0 Å². The molecule has 0 aliphatic carbocycles. The van der Waals surface area contributed by atoms with Crippen molar-refractivity contribution in [2.24, 2.45) is 0 Å². The Labute approximate surface area is 107 Å². The van der Waals surface area contributed by atoms with Gasteiger partial charge in [0.2, 0.25) is 0 Å². The molecule has 1 heterocycles. The van der Waals surface area contributed by atoms with E-state index in [9.17, 15) is 4.79 Å². The first kappa shape index (κ1) is 12.6. The fourth-order valence-corrected chi connectivity index (χ4v) is 2.01. The van der Waals surface area contributed by atoms with Gasteiger partial charge in [0.25, 0.3) is 5.56 Å². The van der Waals surface area contributed by atoms with Crippen LogP contribution in [0.3, 0.4) is 0 Å². The second-order valence-corrected chi connectivity index (χ2v) is 4.55. The number of hydrogen-bond acceptors (Lipinski definition) is 2. The molecule has 1 N–H and O–H groups in total. The van der Waals surface area contributed by atoms with E-state index >= 15 is 0 Å². The first-order valence-electron chi connectivity index (χ1n) is 6.36. The summed E-state index contributed by atoms with van der Waals surface area (Å²) < 4.78 is 0. The zero-order chi connectivity index (χ0) is 13.0. The van der Waals surface area contributed by atoms with Gasteiger partial charge in [0.05, 0.1) is 5.69 Å². The van der Waals surface area contributed by atoms with Gasteiger partial charge in [0, 0.05) is 11.6 Å². The highest BCUT2D eigenvalue weighted by molar-refractivity contribution is 5.60. The molecule has 0 saturated carbocycles. The SMILES string of the molecule is CCCCc1ccc(-c2ccc(=O)[nH]n2)cc1C. The predicted molar refractivity (Wildman–Crippen MR) is 73.6 cm³/mol. The van der Waals surface area contributed by atoms with Crippen molar-refractivity contribution in [1.82, 2.24) is 10.2 Å². The summed E-state index contributed by atoms with van der Waals surface area (Å²) in [6.45, 7) is 4.33. The lowest BCUT2D eigenvalue weighted by molar-refractivity contribution is 0.791. The maximum absolute atomic E-state index is 11.0. The van der Waals surface area contributed by atoms with E-state index in [2.05, 4.69) is 42.2 Å². The van der Waals surface area contributed by atoms with E-state index in [1.165, 1.54) is 30.0 Å². The molecule has 3 nitrogen and oxygen atoms in total. The number of H-pyrrole nitrogens is 1. The summed E-state index contributed by atoms with van der Waals surface area (Å²) in [5.74, 6) is 0. The highest BCUT2D eigenvalue weighted by Crippen LogP contribution is 2.20. The van der Waals surface area contributed by atoms with Gasteiger partial charge in [-0.3, -0.25) is 4.79 Å². The number of rotatable bonds is 4. The van der Waals surface area contributed by atoms with Gasteiger partial charge in [-0.25, -0.2) is 5.10 Å². The van der Waals surface area contributed by atoms with E-state index in [1.807, 2.05) is 0 Å². The molecule has 0 saturated heterocycles. The van der Waals surface area contributed by atoms with Gasteiger partial charge in [0.15, 0.2) is 0 Å². The number of aryl methyl sites for hydroxylation is 2. The third-order valence-corrected chi connectivity index (χ3v) is 3.12. The van der Waals surface area contributed by atoms with Crippen LogP contribution in [0.2, 0.25) is 0 Å². The maximum atomic E-state index is 11.0. The van der Waals surface area contributed by atoms with Crippen molar-refractivity contribution < 1.29 is 0 Å². The van der Waals surface area contributed by atoms with E-state index < -0.39 is 0 Å². The Morgan fingerprint density at radius 2 is 2.06 bits per heavy atom. The topological polar surface area (TPSA) is 45.8 Å². The van der Waals surface area contributed by atoms with Crippen molar-refractivity contribution in [2.45, 2.75) is 33.1 Å². The van der Waals surface area contributed by atoms with Crippen LogP contribution < -0.4 is 5.56 Å². The van der Waals surface area contributed by atoms with E-state index in [0.717, 1.165) is 17.7 Å². The standard InChI is InChI=1S/C15H18N2O/c1-3-4-5-12-6-7-13(10-11(12)2)14-8-9-15(18)17-16-14/h6-10H,3-5H2,1-2H3,(H,17,18). The van der Waals surface area contributed by atoms with Crippen molar-refractivity contribution in [1.29, 1.82) is 0 Å². The van der Waals surface area contributed by atoms with E-state index in [1.54, 1.807) is 6.07 Å². The first-order valence-corrected chi connectivity index (χ1v) is 6.36. The average Bonchev–Trinajstić information content (AvgIpc) is 2.38. The van der Waals surface area contributed by atoms with Crippen molar-refractivity contribution in [3.05, 3.63) is 51.8 Å². The fraction of sp³-hybridized carbons (Fsp3) is 0.333. The normalized spacial score (nSPS) is 10.6. The van der Waals surface area contributed by atoms with Crippen molar-refractivity contribution in [3.8, 4) is 11.3 Å².